The molecule has 0 atom stereocenters. The van der Waals surface area contributed by atoms with Crippen LogP contribution in [0.5, 0.6) is 0 Å². The van der Waals surface area contributed by atoms with E-state index >= 15 is 0 Å². The van der Waals surface area contributed by atoms with Crippen LogP contribution in [0.3, 0.4) is 0 Å². The minimum Gasteiger partial charge on any atom is -0.478 e. The predicted molar refractivity (Wildman–Crippen MR) is 51.8 cm³/mol. The Morgan fingerprint density at radius 2 is 2.07 bits per heavy atom. The predicted octanol–water partition coefficient (Wildman–Crippen LogP) is 1.35. The van der Waals surface area contributed by atoms with Crippen molar-refractivity contribution in [1.82, 2.24) is 4.98 Å². The van der Waals surface area contributed by atoms with E-state index in [1.807, 2.05) is 6.92 Å². The van der Waals surface area contributed by atoms with Crippen LogP contribution in [-0.4, -0.2) is 28.6 Å². The van der Waals surface area contributed by atoms with Crippen LogP contribution in [0.2, 0.25) is 0 Å². The molecular weight excluding hydrogens is 198 g/mol. The first-order chi connectivity index (χ1) is 7.15. The Hall–Kier alpha value is -1.91. The van der Waals surface area contributed by atoms with Gasteiger partial charge in [0.25, 0.3) is 0 Å². The Morgan fingerprint density at radius 1 is 1.40 bits per heavy atom. The average molecular weight is 209 g/mol. The molecule has 1 N–H and O–H groups in total. The molecule has 1 heterocycles. The van der Waals surface area contributed by atoms with Gasteiger partial charge in [0, 0.05) is 12.4 Å². The fourth-order valence-electron chi connectivity index (χ4n) is 0.947. The lowest BCUT2D eigenvalue weighted by Crippen LogP contribution is -2.08. The smallest absolute Gasteiger partial charge is 0.339 e. The maximum atomic E-state index is 11.3. The summed E-state index contributed by atoms with van der Waals surface area (Å²) in [4.78, 5) is 25.6. The molecule has 1 aromatic rings. The molecule has 5 nitrogen and oxygen atoms in total. The lowest BCUT2D eigenvalue weighted by atomic mass is 10.2. The lowest BCUT2D eigenvalue weighted by molar-refractivity contribution is 0.0504. The van der Waals surface area contributed by atoms with Gasteiger partial charge in [-0.15, -0.1) is 0 Å². The molecule has 0 amide bonds. The number of hydrogen-bond donors (Lipinski definition) is 1. The summed E-state index contributed by atoms with van der Waals surface area (Å²) in [6.45, 7) is 2.19. The highest BCUT2D eigenvalue weighted by atomic mass is 16.5. The summed E-state index contributed by atoms with van der Waals surface area (Å²) in [7, 11) is 0. The normalized spacial score (nSPS) is 9.67. The summed E-state index contributed by atoms with van der Waals surface area (Å²) in [5.41, 5.74) is 0.129. The summed E-state index contributed by atoms with van der Waals surface area (Å²) in [6.07, 6.45) is 3.18. The average Bonchev–Trinajstić information content (AvgIpc) is 2.26. The number of rotatable bonds is 4. The largest absolute Gasteiger partial charge is 0.478 e. The highest BCUT2D eigenvalue weighted by Crippen LogP contribution is 2.04. The van der Waals surface area contributed by atoms with Crippen LogP contribution in [0.1, 0.15) is 34.1 Å². The zero-order valence-corrected chi connectivity index (χ0v) is 8.27. The molecule has 0 spiro atoms. The summed E-state index contributed by atoms with van der Waals surface area (Å²) >= 11 is 0. The molecule has 0 fully saturated rings. The van der Waals surface area contributed by atoms with Crippen LogP contribution >= 0.6 is 0 Å². The third kappa shape index (κ3) is 3.05. The number of aromatic carboxylic acids is 1. The topological polar surface area (TPSA) is 76.5 Å². The molecule has 1 rings (SSSR count). The summed E-state index contributed by atoms with van der Waals surface area (Å²) < 4.78 is 4.84. The minimum atomic E-state index is -1.12. The van der Waals surface area contributed by atoms with Gasteiger partial charge in [0.05, 0.1) is 17.7 Å². The first kappa shape index (κ1) is 11.2. The zero-order valence-electron chi connectivity index (χ0n) is 8.27. The number of nitrogens with zero attached hydrogens (tertiary/aromatic N) is 1. The molecule has 0 unspecified atom stereocenters. The highest BCUT2D eigenvalue weighted by molar-refractivity contribution is 5.93. The van der Waals surface area contributed by atoms with E-state index in [0.717, 1.165) is 6.42 Å². The fourth-order valence-corrected chi connectivity index (χ4v) is 0.947. The van der Waals surface area contributed by atoms with Gasteiger partial charge in [-0.3, -0.25) is 4.98 Å². The Balaban J connectivity index is 2.81. The molecule has 0 aliphatic rings. The van der Waals surface area contributed by atoms with Crippen molar-refractivity contribution < 1.29 is 19.4 Å². The molecule has 0 radical (unpaired) electrons. The van der Waals surface area contributed by atoms with E-state index in [1.165, 1.54) is 18.5 Å². The van der Waals surface area contributed by atoms with E-state index in [-0.39, 0.29) is 11.1 Å². The molecular formula is C10H11NO4. The number of aromatic nitrogens is 1. The Labute approximate surface area is 86.7 Å². The SMILES string of the molecule is CCCOC(=O)c1cncc(C(=O)O)c1. The number of ether oxygens (including phenoxy) is 1. The van der Waals surface area contributed by atoms with Gasteiger partial charge in [-0.2, -0.15) is 0 Å². The second-order valence-electron chi connectivity index (χ2n) is 2.90. The number of hydrogen-bond acceptors (Lipinski definition) is 4. The van der Waals surface area contributed by atoms with E-state index in [9.17, 15) is 9.59 Å². The van der Waals surface area contributed by atoms with Crippen LogP contribution < -0.4 is 0 Å². The molecule has 0 aliphatic heterocycles. The molecule has 80 valence electrons. The number of carboxylic acid groups (broad SMARTS) is 1. The van der Waals surface area contributed by atoms with Crippen LogP contribution in [0.25, 0.3) is 0 Å². The third-order valence-corrected chi connectivity index (χ3v) is 1.66. The highest BCUT2D eigenvalue weighted by Gasteiger charge is 2.10. The van der Waals surface area contributed by atoms with Crippen LogP contribution in [-0.2, 0) is 4.74 Å². The lowest BCUT2D eigenvalue weighted by Gasteiger charge is -2.02. The van der Waals surface area contributed by atoms with Crippen molar-refractivity contribution in [1.29, 1.82) is 0 Å². The molecule has 0 bridgehead atoms. The first-order valence-electron chi connectivity index (χ1n) is 4.50. The number of carboxylic acids is 1. The van der Waals surface area contributed by atoms with E-state index in [1.54, 1.807) is 0 Å². The molecule has 15 heavy (non-hydrogen) atoms. The fraction of sp³-hybridized carbons (Fsp3) is 0.300. The van der Waals surface area contributed by atoms with Crippen molar-refractivity contribution >= 4 is 11.9 Å². The van der Waals surface area contributed by atoms with E-state index in [2.05, 4.69) is 4.98 Å². The summed E-state index contributed by atoms with van der Waals surface area (Å²) in [6, 6.07) is 1.24. The van der Waals surface area contributed by atoms with Gasteiger partial charge in [0.2, 0.25) is 0 Å². The van der Waals surface area contributed by atoms with E-state index in [4.69, 9.17) is 9.84 Å². The molecule has 0 saturated carbocycles. The molecule has 0 aliphatic carbocycles. The second kappa shape index (κ2) is 5.09. The quantitative estimate of drug-likeness (QED) is 0.757. The van der Waals surface area contributed by atoms with Gasteiger partial charge in [0.15, 0.2) is 0 Å². The Morgan fingerprint density at radius 3 is 2.67 bits per heavy atom. The van der Waals surface area contributed by atoms with Crippen molar-refractivity contribution in [3.05, 3.63) is 29.6 Å². The van der Waals surface area contributed by atoms with E-state index < -0.39 is 11.9 Å². The van der Waals surface area contributed by atoms with E-state index in [0.29, 0.717) is 6.61 Å². The Bertz CT molecular complexity index is 375. The molecule has 5 heteroatoms. The standard InChI is InChI=1S/C10H11NO4/c1-2-3-15-10(14)8-4-7(9(12)13)5-11-6-8/h4-6H,2-3H2,1H3,(H,12,13). The minimum absolute atomic E-state index is 0.0269. The first-order valence-corrected chi connectivity index (χ1v) is 4.50. The van der Waals surface area contributed by atoms with Crippen LogP contribution in [0.4, 0.5) is 0 Å². The van der Waals surface area contributed by atoms with Crippen LogP contribution in [0.15, 0.2) is 18.5 Å². The summed E-state index contributed by atoms with van der Waals surface area (Å²) in [5, 5.41) is 8.67. The van der Waals surface area contributed by atoms with Crippen LogP contribution in [0, 0.1) is 0 Å². The van der Waals surface area contributed by atoms with Gasteiger partial charge in [-0.25, -0.2) is 9.59 Å². The third-order valence-electron chi connectivity index (χ3n) is 1.66. The maximum Gasteiger partial charge on any atom is 0.339 e. The number of pyridine rings is 1. The molecule has 1 aromatic heterocycles. The molecule has 0 saturated heterocycles. The monoisotopic (exact) mass is 209 g/mol. The zero-order chi connectivity index (χ0) is 11.3. The van der Waals surface area contributed by atoms with Gasteiger partial charge in [-0.1, -0.05) is 6.92 Å². The van der Waals surface area contributed by atoms with Crippen molar-refractivity contribution in [3.8, 4) is 0 Å². The van der Waals surface area contributed by atoms with Crippen molar-refractivity contribution in [3.63, 3.8) is 0 Å². The van der Waals surface area contributed by atoms with Gasteiger partial charge in [0.1, 0.15) is 0 Å². The number of esters is 1. The molecule has 0 aromatic carbocycles. The Kier molecular flexibility index (Phi) is 3.79. The van der Waals surface area contributed by atoms with Crippen molar-refractivity contribution in [2.75, 3.05) is 6.61 Å². The van der Waals surface area contributed by atoms with Crippen molar-refractivity contribution in [2.24, 2.45) is 0 Å². The maximum absolute atomic E-state index is 11.3. The second-order valence-corrected chi connectivity index (χ2v) is 2.90. The van der Waals surface area contributed by atoms with Gasteiger partial charge in [-0.05, 0) is 12.5 Å². The van der Waals surface area contributed by atoms with Crippen molar-refractivity contribution in [2.45, 2.75) is 13.3 Å². The number of carbonyl (C=O) groups excluding carboxylic acids is 1. The number of carbonyl (C=O) groups is 2. The summed E-state index contributed by atoms with van der Waals surface area (Å²) in [5.74, 6) is -1.67. The van der Waals surface area contributed by atoms with Gasteiger partial charge >= 0.3 is 11.9 Å². The van der Waals surface area contributed by atoms with Gasteiger partial charge < -0.3 is 9.84 Å².